The van der Waals surface area contributed by atoms with Crippen molar-refractivity contribution in [3.63, 3.8) is 0 Å². The molecule has 3 aromatic carbocycles. The Hall–Kier alpha value is -4.26. The number of rotatable bonds is 7. The fourth-order valence-electron chi connectivity index (χ4n) is 3.40. The molecular formula is C26H24N2O5. The molecule has 33 heavy (non-hydrogen) atoms. The molecule has 0 spiro atoms. The van der Waals surface area contributed by atoms with Crippen molar-refractivity contribution < 1.29 is 23.8 Å². The van der Waals surface area contributed by atoms with E-state index in [4.69, 9.17) is 14.2 Å². The molecule has 7 heteroatoms. The summed E-state index contributed by atoms with van der Waals surface area (Å²) in [6.45, 7) is 1.31. The summed E-state index contributed by atoms with van der Waals surface area (Å²) in [7, 11) is 1.55. The first-order valence-corrected chi connectivity index (χ1v) is 10.5. The lowest BCUT2D eigenvalue weighted by atomic mass is 10.1. The number of fused-ring (bicyclic) bond motifs is 1. The highest BCUT2D eigenvalue weighted by atomic mass is 16.6. The molecule has 0 unspecified atom stereocenters. The summed E-state index contributed by atoms with van der Waals surface area (Å²) in [4.78, 5) is 25.3. The third-order valence-corrected chi connectivity index (χ3v) is 5.00. The lowest BCUT2D eigenvalue weighted by molar-refractivity contribution is -0.111. The molecule has 168 valence electrons. The Morgan fingerprint density at radius 2 is 1.76 bits per heavy atom. The van der Waals surface area contributed by atoms with Crippen molar-refractivity contribution in [3.8, 4) is 17.2 Å². The van der Waals surface area contributed by atoms with E-state index >= 15 is 0 Å². The molecule has 0 atom stereocenters. The van der Waals surface area contributed by atoms with Crippen LogP contribution in [0, 0.1) is 0 Å². The number of anilines is 1. The molecule has 1 heterocycles. The van der Waals surface area contributed by atoms with Gasteiger partial charge in [-0.3, -0.25) is 9.59 Å². The fraction of sp³-hybridized carbons (Fsp3) is 0.154. The normalized spacial score (nSPS) is 12.3. The van der Waals surface area contributed by atoms with Crippen LogP contribution >= 0.6 is 0 Å². The first-order chi connectivity index (χ1) is 16.1. The Labute approximate surface area is 192 Å². The highest BCUT2D eigenvalue weighted by Crippen LogP contribution is 2.40. The van der Waals surface area contributed by atoms with Crippen LogP contribution < -0.4 is 24.8 Å². The van der Waals surface area contributed by atoms with E-state index in [0.717, 1.165) is 11.1 Å². The molecular weight excluding hydrogens is 420 g/mol. The first kappa shape index (κ1) is 22.0. The van der Waals surface area contributed by atoms with Gasteiger partial charge in [-0.05, 0) is 41.5 Å². The summed E-state index contributed by atoms with van der Waals surface area (Å²) in [5.74, 6) is 1.03. The van der Waals surface area contributed by atoms with Crippen molar-refractivity contribution >= 4 is 23.6 Å². The zero-order valence-electron chi connectivity index (χ0n) is 18.2. The van der Waals surface area contributed by atoms with Gasteiger partial charge >= 0.3 is 0 Å². The molecule has 3 aromatic rings. The fourth-order valence-corrected chi connectivity index (χ4v) is 3.40. The number of carbonyl (C=O) groups is 2. The largest absolute Gasteiger partial charge is 0.493 e. The van der Waals surface area contributed by atoms with Gasteiger partial charge in [-0.1, -0.05) is 42.5 Å². The Morgan fingerprint density at radius 3 is 2.58 bits per heavy atom. The highest BCUT2D eigenvalue weighted by Gasteiger charge is 2.18. The van der Waals surface area contributed by atoms with Crippen LogP contribution in [0.3, 0.4) is 0 Å². The Bertz CT molecular complexity index is 1160. The molecule has 0 fully saturated rings. The minimum atomic E-state index is -0.368. The standard InChI is InChI=1S/C26H24N2O5/c1-31-22-15-19(16-23-25(22)33-14-13-32-23)11-12-24(29)28-21-10-6-5-9-20(21)26(30)27-17-18-7-3-2-4-8-18/h2-12,15-16H,13-14,17H2,1H3,(H,27,30)(H,28,29)/b12-11+. The van der Waals surface area contributed by atoms with Gasteiger partial charge in [0.25, 0.3) is 5.91 Å². The number of hydrogen-bond acceptors (Lipinski definition) is 5. The smallest absolute Gasteiger partial charge is 0.253 e. The molecule has 1 aliphatic heterocycles. The van der Waals surface area contributed by atoms with Gasteiger partial charge in [0.1, 0.15) is 13.2 Å². The van der Waals surface area contributed by atoms with Gasteiger partial charge in [0.2, 0.25) is 11.7 Å². The highest BCUT2D eigenvalue weighted by molar-refractivity contribution is 6.07. The lowest BCUT2D eigenvalue weighted by Crippen LogP contribution is -2.24. The Balaban J connectivity index is 1.44. The van der Waals surface area contributed by atoms with Crippen molar-refractivity contribution in [2.24, 2.45) is 0 Å². The molecule has 0 radical (unpaired) electrons. The van der Waals surface area contributed by atoms with E-state index in [-0.39, 0.29) is 11.8 Å². The molecule has 2 amide bonds. The Morgan fingerprint density at radius 1 is 1.00 bits per heavy atom. The number of para-hydroxylation sites is 1. The van der Waals surface area contributed by atoms with Crippen LogP contribution in [-0.2, 0) is 11.3 Å². The number of ether oxygens (including phenoxy) is 3. The van der Waals surface area contributed by atoms with Crippen molar-refractivity contribution in [3.05, 3.63) is 89.5 Å². The number of benzene rings is 3. The van der Waals surface area contributed by atoms with Crippen LogP contribution in [0.25, 0.3) is 6.08 Å². The van der Waals surface area contributed by atoms with Crippen LogP contribution in [0.4, 0.5) is 5.69 Å². The second-order valence-electron chi connectivity index (χ2n) is 7.28. The van der Waals surface area contributed by atoms with Crippen molar-refractivity contribution in [2.75, 3.05) is 25.6 Å². The second-order valence-corrected chi connectivity index (χ2v) is 7.28. The number of methoxy groups -OCH3 is 1. The quantitative estimate of drug-likeness (QED) is 0.537. The van der Waals surface area contributed by atoms with E-state index in [9.17, 15) is 9.59 Å². The lowest BCUT2D eigenvalue weighted by Gasteiger charge is -2.20. The first-order valence-electron chi connectivity index (χ1n) is 10.5. The Kier molecular flexibility index (Phi) is 6.90. The average Bonchev–Trinajstić information content (AvgIpc) is 2.86. The van der Waals surface area contributed by atoms with E-state index in [2.05, 4.69) is 10.6 Å². The predicted octanol–water partition coefficient (Wildman–Crippen LogP) is 4.05. The topological polar surface area (TPSA) is 85.9 Å². The third kappa shape index (κ3) is 5.51. The van der Waals surface area contributed by atoms with Gasteiger partial charge in [0, 0.05) is 12.6 Å². The molecule has 1 aliphatic rings. The monoisotopic (exact) mass is 444 g/mol. The van der Waals surface area contributed by atoms with E-state index in [1.807, 2.05) is 30.3 Å². The molecule has 7 nitrogen and oxygen atoms in total. The van der Waals surface area contributed by atoms with Crippen molar-refractivity contribution in [1.82, 2.24) is 5.32 Å². The zero-order chi connectivity index (χ0) is 23.0. The summed E-state index contributed by atoms with van der Waals surface area (Å²) in [5.41, 5.74) is 2.53. The number of amides is 2. The van der Waals surface area contributed by atoms with E-state index in [0.29, 0.717) is 48.3 Å². The van der Waals surface area contributed by atoms with E-state index in [1.165, 1.54) is 6.08 Å². The molecule has 0 aliphatic carbocycles. The maximum absolute atomic E-state index is 12.7. The zero-order valence-corrected chi connectivity index (χ0v) is 18.2. The van der Waals surface area contributed by atoms with E-state index < -0.39 is 0 Å². The number of carbonyl (C=O) groups excluding carboxylic acids is 2. The van der Waals surface area contributed by atoms with Gasteiger partial charge < -0.3 is 24.8 Å². The molecule has 0 bridgehead atoms. The summed E-state index contributed by atoms with van der Waals surface area (Å²) < 4.78 is 16.6. The number of hydrogen-bond donors (Lipinski definition) is 2. The summed E-state index contributed by atoms with van der Waals surface area (Å²) >= 11 is 0. The predicted molar refractivity (Wildman–Crippen MR) is 126 cm³/mol. The minimum absolute atomic E-state index is 0.268. The number of nitrogens with one attached hydrogen (secondary N) is 2. The maximum Gasteiger partial charge on any atom is 0.253 e. The molecule has 2 N–H and O–H groups in total. The maximum atomic E-state index is 12.7. The van der Waals surface area contributed by atoms with Gasteiger partial charge in [0.15, 0.2) is 11.5 Å². The minimum Gasteiger partial charge on any atom is -0.493 e. The molecule has 4 rings (SSSR count). The van der Waals surface area contributed by atoms with Crippen LogP contribution in [0.1, 0.15) is 21.5 Å². The van der Waals surface area contributed by atoms with E-state index in [1.54, 1.807) is 49.6 Å². The molecule has 0 saturated heterocycles. The summed E-state index contributed by atoms with van der Waals surface area (Å²) in [6.07, 6.45) is 3.04. The SMILES string of the molecule is COc1cc(/C=C/C(=O)Nc2ccccc2C(=O)NCc2ccccc2)cc2c1OCCO2. The second kappa shape index (κ2) is 10.4. The molecule has 0 aromatic heterocycles. The van der Waals surface area contributed by atoms with Crippen molar-refractivity contribution in [2.45, 2.75) is 6.54 Å². The average molecular weight is 444 g/mol. The third-order valence-electron chi connectivity index (χ3n) is 5.00. The summed E-state index contributed by atoms with van der Waals surface area (Å²) in [6, 6.07) is 20.1. The molecule has 0 saturated carbocycles. The van der Waals surface area contributed by atoms with Gasteiger partial charge in [-0.2, -0.15) is 0 Å². The van der Waals surface area contributed by atoms with Crippen LogP contribution in [-0.4, -0.2) is 32.1 Å². The summed E-state index contributed by atoms with van der Waals surface area (Å²) in [5, 5.41) is 5.66. The van der Waals surface area contributed by atoms with Crippen LogP contribution in [0.15, 0.2) is 72.8 Å². The van der Waals surface area contributed by atoms with Gasteiger partial charge in [-0.25, -0.2) is 0 Å². The van der Waals surface area contributed by atoms with Gasteiger partial charge in [0.05, 0.1) is 18.4 Å². The van der Waals surface area contributed by atoms with Gasteiger partial charge in [-0.15, -0.1) is 0 Å². The van der Waals surface area contributed by atoms with Crippen molar-refractivity contribution in [1.29, 1.82) is 0 Å². The van der Waals surface area contributed by atoms with Crippen LogP contribution in [0.2, 0.25) is 0 Å². The van der Waals surface area contributed by atoms with Crippen LogP contribution in [0.5, 0.6) is 17.2 Å².